The van der Waals surface area contributed by atoms with Crippen molar-refractivity contribution in [1.29, 1.82) is 0 Å². The lowest BCUT2D eigenvalue weighted by atomic mass is 9.49. The Morgan fingerprint density at radius 3 is 2.07 bits per heavy atom. The zero-order valence-electron chi connectivity index (χ0n) is 29.5. The van der Waals surface area contributed by atoms with Crippen molar-refractivity contribution in [2.24, 2.45) is 40.4 Å². The number of hydrogen-bond acceptors (Lipinski definition) is 10. The van der Waals surface area contributed by atoms with Gasteiger partial charge in [0.05, 0.1) is 0 Å². The molecule has 0 saturated heterocycles. The van der Waals surface area contributed by atoms with Crippen LogP contribution >= 0.6 is 0 Å². The Bertz CT molecular complexity index is 1150. The van der Waals surface area contributed by atoms with Gasteiger partial charge >= 0.3 is 23.9 Å². The molecule has 0 aliphatic heterocycles. The summed E-state index contributed by atoms with van der Waals surface area (Å²) < 4.78 is 24.3. The summed E-state index contributed by atoms with van der Waals surface area (Å²) in [6.07, 6.45) is -1.86. The van der Waals surface area contributed by atoms with Crippen molar-refractivity contribution >= 4 is 23.9 Å². The first-order valence-electron chi connectivity index (χ1n) is 17.2. The van der Waals surface area contributed by atoms with E-state index in [2.05, 4.69) is 0 Å². The summed E-state index contributed by atoms with van der Waals surface area (Å²) >= 11 is 0. The molecule has 10 nitrogen and oxygen atoms in total. The van der Waals surface area contributed by atoms with Crippen LogP contribution in [-0.4, -0.2) is 70.7 Å². The topological polar surface area (TPSA) is 146 Å². The lowest BCUT2D eigenvalue weighted by Gasteiger charge is -2.58. The second-order valence-corrected chi connectivity index (χ2v) is 15.1. The first-order valence-corrected chi connectivity index (χ1v) is 17.2. The van der Waals surface area contributed by atoms with E-state index >= 15 is 0 Å². The van der Waals surface area contributed by atoms with E-state index in [9.17, 15) is 29.4 Å². The highest BCUT2D eigenvalue weighted by Gasteiger charge is 2.72. The van der Waals surface area contributed by atoms with Crippen LogP contribution in [0.25, 0.3) is 0 Å². The summed E-state index contributed by atoms with van der Waals surface area (Å²) in [6.45, 7) is 18.5. The Morgan fingerprint density at radius 2 is 1.52 bits per heavy atom. The number of carbonyl (C=O) groups is 4. The van der Waals surface area contributed by atoms with Crippen LogP contribution < -0.4 is 0 Å². The fourth-order valence-corrected chi connectivity index (χ4v) is 8.46. The third kappa shape index (κ3) is 7.48. The summed E-state index contributed by atoms with van der Waals surface area (Å²) in [5.41, 5.74) is -1.56. The minimum absolute atomic E-state index is 0.0296. The largest absolute Gasteiger partial charge is 0.462 e. The quantitative estimate of drug-likeness (QED) is 0.162. The van der Waals surface area contributed by atoms with E-state index in [-0.39, 0.29) is 49.4 Å². The molecular formula is C36H58O10. The van der Waals surface area contributed by atoms with Crippen LogP contribution in [0.15, 0.2) is 11.6 Å². The molecule has 0 spiro atoms. The van der Waals surface area contributed by atoms with E-state index in [1.54, 1.807) is 6.92 Å². The predicted octanol–water partition coefficient (Wildman–Crippen LogP) is 5.31. The van der Waals surface area contributed by atoms with Crippen molar-refractivity contribution in [3.63, 3.8) is 0 Å². The number of esters is 4. The van der Waals surface area contributed by atoms with E-state index in [0.717, 1.165) is 6.42 Å². The molecule has 2 saturated carbocycles. The lowest BCUT2D eigenvalue weighted by molar-refractivity contribution is -0.223. The summed E-state index contributed by atoms with van der Waals surface area (Å²) in [4.78, 5) is 52.0. The van der Waals surface area contributed by atoms with Gasteiger partial charge in [-0.25, -0.2) is 0 Å². The maximum Gasteiger partial charge on any atom is 0.306 e. The minimum atomic E-state index is -1.27. The molecule has 0 aromatic carbocycles. The van der Waals surface area contributed by atoms with Crippen LogP contribution in [0, 0.1) is 40.4 Å². The number of hydrogen-bond donors (Lipinski definition) is 2. The lowest BCUT2D eigenvalue weighted by Crippen LogP contribution is -2.63. The van der Waals surface area contributed by atoms with Gasteiger partial charge in [0.1, 0.15) is 30.5 Å². The van der Waals surface area contributed by atoms with Gasteiger partial charge in [0, 0.05) is 42.9 Å². The van der Waals surface area contributed by atoms with Crippen molar-refractivity contribution in [2.45, 2.75) is 151 Å². The Balaban J connectivity index is 2.30. The molecule has 0 radical (unpaired) electrons. The molecule has 46 heavy (non-hydrogen) atoms. The average molecular weight is 651 g/mol. The van der Waals surface area contributed by atoms with Crippen LogP contribution in [0.4, 0.5) is 0 Å². The molecule has 0 bridgehead atoms. The maximum absolute atomic E-state index is 13.3. The SMILES string of the molecule is CCCCC(=O)OC1C(C(C)C)C2C3C=C(C)C(O)C(OC(C)=O)C(OC(=O)CCC)C3(C)CC(OC(=O)CC(C)C)C2(C)C1O. The van der Waals surface area contributed by atoms with Crippen molar-refractivity contribution < 1.29 is 48.3 Å². The first-order chi connectivity index (χ1) is 21.4. The number of fused-ring (bicyclic) bond motifs is 3. The van der Waals surface area contributed by atoms with E-state index in [4.69, 9.17) is 18.9 Å². The molecule has 0 amide bonds. The molecule has 2 N–H and O–H groups in total. The van der Waals surface area contributed by atoms with Gasteiger partial charge in [0.2, 0.25) is 0 Å². The monoisotopic (exact) mass is 650 g/mol. The predicted molar refractivity (Wildman–Crippen MR) is 171 cm³/mol. The average Bonchev–Trinajstić information content (AvgIpc) is 3.14. The Hall–Kier alpha value is -2.46. The van der Waals surface area contributed by atoms with Crippen molar-refractivity contribution in [1.82, 2.24) is 0 Å². The molecule has 2 fully saturated rings. The first kappa shape index (κ1) is 38.0. The maximum atomic E-state index is 13.3. The molecule has 3 rings (SSSR count). The van der Waals surface area contributed by atoms with Gasteiger partial charge in [-0.1, -0.05) is 67.9 Å². The van der Waals surface area contributed by atoms with E-state index in [1.165, 1.54) is 6.92 Å². The smallest absolute Gasteiger partial charge is 0.306 e. The zero-order valence-corrected chi connectivity index (χ0v) is 29.5. The minimum Gasteiger partial charge on any atom is -0.462 e. The molecule has 262 valence electrons. The van der Waals surface area contributed by atoms with Gasteiger partial charge in [-0.15, -0.1) is 0 Å². The Kier molecular flexibility index (Phi) is 12.5. The molecule has 3 aliphatic carbocycles. The van der Waals surface area contributed by atoms with Crippen molar-refractivity contribution in [2.75, 3.05) is 0 Å². The van der Waals surface area contributed by atoms with Gasteiger partial charge < -0.3 is 29.2 Å². The molecule has 10 heteroatoms. The second-order valence-electron chi connectivity index (χ2n) is 15.1. The van der Waals surface area contributed by atoms with Gasteiger partial charge in [0.25, 0.3) is 0 Å². The number of ether oxygens (including phenoxy) is 4. The standard InChI is InChI=1S/C36H58O10/c1-11-13-15-26(39)45-31-28(20(5)6)29-23-17-21(7)30(41)32(43-22(8)37)34(46-25(38)14-12-2)35(23,9)18-24(36(29,10)33(31)42)44-27(40)16-19(3)4/h17,19-20,23-24,28-34,41-42H,11-16,18H2,1-10H3. The van der Waals surface area contributed by atoms with Crippen LogP contribution in [0.3, 0.4) is 0 Å². The van der Waals surface area contributed by atoms with E-state index in [0.29, 0.717) is 18.4 Å². The normalized spacial score (nSPS) is 37.1. The van der Waals surface area contributed by atoms with Crippen LogP contribution in [0.5, 0.6) is 0 Å². The highest BCUT2D eigenvalue weighted by molar-refractivity contribution is 5.71. The fourth-order valence-electron chi connectivity index (χ4n) is 8.46. The van der Waals surface area contributed by atoms with Crippen LogP contribution in [0.2, 0.25) is 0 Å². The van der Waals surface area contributed by atoms with Gasteiger partial charge in [-0.2, -0.15) is 0 Å². The van der Waals surface area contributed by atoms with Crippen LogP contribution in [-0.2, 0) is 38.1 Å². The number of aliphatic hydroxyl groups is 2. The number of unbranched alkanes of at least 4 members (excludes halogenated alkanes) is 1. The summed E-state index contributed by atoms with van der Waals surface area (Å²) in [7, 11) is 0. The number of rotatable bonds is 12. The summed E-state index contributed by atoms with van der Waals surface area (Å²) in [6, 6.07) is 0. The molecule has 11 unspecified atom stereocenters. The Morgan fingerprint density at radius 1 is 0.891 bits per heavy atom. The number of carbonyl (C=O) groups excluding carboxylic acids is 4. The Labute approximate surface area is 274 Å². The van der Waals surface area contributed by atoms with Gasteiger partial charge in [-0.05, 0) is 55.4 Å². The molecule has 11 atom stereocenters. The fraction of sp³-hybridized carbons (Fsp3) is 0.833. The van der Waals surface area contributed by atoms with E-state index < -0.39 is 77.2 Å². The van der Waals surface area contributed by atoms with Gasteiger partial charge in [-0.3, -0.25) is 19.2 Å². The van der Waals surface area contributed by atoms with Crippen LogP contribution in [0.1, 0.15) is 114 Å². The highest BCUT2D eigenvalue weighted by atomic mass is 16.6. The summed E-state index contributed by atoms with van der Waals surface area (Å²) in [5.74, 6) is -3.25. The molecule has 3 aliphatic rings. The van der Waals surface area contributed by atoms with Crippen molar-refractivity contribution in [3.05, 3.63) is 11.6 Å². The third-order valence-corrected chi connectivity index (χ3v) is 10.7. The van der Waals surface area contributed by atoms with Crippen molar-refractivity contribution in [3.8, 4) is 0 Å². The number of allylic oxidation sites excluding steroid dienone is 1. The zero-order chi connectivity index (χ0) is 34.7. The molecule has 0 aromatic rings. The van der Waals surface area contributed by atoms with E-state index in [1.807, 2.05) is 61.5 Å². The molecular weight excluding hydrogens is 592 g/mol. The highest BCUT2D eigenvalue weighted by Crippen LogP contribution is 2.67. The third-order valence-electron chi connectivity index (χ3n) is 10.7. The summed E-state index contributed by atoms with van der Waals surface area (Å²) in [5, 5.41) is 23.8. The second kappa shape index (κ2) is 15.2. The molecule has 0 aromatic heterocycles. The molecule has 0 heterocycles. The number of aliphatic hydroxyl groups excluding tert-OH is 2. The van der Waals surface area contributed by atoms with Gasteiger partial charge in [0.15, 0.2) is 6.10 Å².